The number of carbonyl (C=O) groups is 7. The molecule has 0 bridgehead atoms. The third-order valence-electron chi connectivity index (χ3n) is 15.5. The molecule has 0 spiro atoms. The molecule has 27 heteroatoms. The van der Waals surface area contributed by atoms with Crippen LogP contribution in [0.15, 0.2) is 161 Å². The molecule has 6 aromatic carbocycles. The standard InChI is InChI=1S/C25H20N4O5.C15H13N3O4.C10H9IN2O.C9H7IN2O.C9H9IO2/c1-33-17-6-4-15-12-29(22(30)18(15)11-17)13-25(23(31)27-24(32)28-25)21-10-16-9-14(5-7-20(16)34-21)19-3-2-8-26-19;1-3-15(13(20)16-14(21)17-15)8-18-7-9-4-5-10(22-2)6-11(9)12(18)19;1-14-10-3-2-7(6-8(10)11)9-4-5-12-13-9;10-7-5-6(1-2-9(7)13)8-3-4-11-12-8;1-6(11)7-3-4-9(12-2)8(10)5-7/h2-7,9-11H,8,12-13H2,1H3,(H2,27,28,31,32);1,4-6H,7-8H2,2H3,(H2,16,17,20,21);2-6H,1H3,(H,12,13);1-5,13H,(H,11,12);3-5H,1-2H3/t25-;15-;;;/m01.../s1. The summed E-state index contributed by atoms with van der Waals surface area (Å²) in [4.78, 5) is 92.5. The number of ketones is 1. The molecule has 0 saturated carbocycles. The van der Waals surface area contributed by atoms with E-state index >= 15 is 0 Å². The molecule has 24 nitrogen and oxygen atoms in total. The number of aromatic hydroxyl groups is 1. The number of terminal acetylenes is 1. The smallest absolute Gasteiger partial charge is 0.323 e. The number of benzene rings is 6. The number of fused-ring (bicyclic) bond motifs is 3. The summed E-state index contributed by atoms with van der Waals surface area (Å²) in [6.45, 7) is 2.67. The number of nitrogens with zero attached hydrogens (tertiary/aromatic N) is 5. The van der Waals surface area contributed by atoms with E-state index in [1.807, 2.05) is 78.9 Å². The Morgan fingerprint density at radius 1 is 0.632 bits per heavy atom. The predicted molar refractivity (Wildman–Crippen MR) is 376 cm³/mol. The Morgan fingerprint density at radius 2 is 1.19 bits per heavy atom. The van der Waals surface area contributed by atoms with Crippen molar-refractivity contribution in [2.75, 3.05) is 48.1 Å². The quantitative estimate of drug-likeness (QED) is 0.0244. The number of allylic oxidation sites excluding steroid dienone is 1. The van der Waals surface area contributed by atoms with Crippen LogP contribution in [0.5, 0.6) is 28.7 Å². The first-order chi connectivity index (χ1) is 45.7. The molecule has 9 aromatic rings. The number of Topliss-reactive ketones (excluding diaryl/α,β-unsaturated/α-hetero) is 1. The number of carbonyl (C=O) groups excluding carboxylic acids is 7. The minimum Gasteiger partial charge on any atom is -0.507 e. The summed E-state index contributed by atoms with van der Waals surface area (Å²) >= 11 is 6.48. The first kappa shape index (κ1) is 67.8. The minimum atomic E-state index is -1.55. The predicted octanol–water partition coefficient (Wildman–Crippen LogP) is 9.93. The summed E-state index contributed by atoms with van der Waals surface area (Å²) < 4.78 is 29.5. The highest BCUT2D eigenvalue weighted by Gasteiger charge is 2.53. The lowest BCUT2D eigenvalue weighted by Gasteiger charge is -2.29. The van der Waals surface area contributed by atoms with Crippen molar-refractivity contribution in [2.24, 2.45) is 4.99 Å². The number of furan rings is 1. The van der Waals surface area contributed by atoms with Crippen LogP contribution in [0.2, 0.25) is 0 Å². The first-order valence-corrected chi connectivity index (χ1v) is 32.0. The van der Waals surface area contributed by atoms with Crippen molar-refractivity contribution in [1.29, 1.82) is 0 Å². The Kier molecular flexibility index (Phi) is 21.0. The van der Waals surface area contributed by atoms with Gasteiger partial charge >= 0.3 is 12.1 Å². The fraction of sp³-hybridized carbons (Fsp3) is 0.176. The van der Waals surface area contributed by atoms with E-state index in [2.05, 4.69) is 126 Å². The van der Waals surface area contributed by atoms with Gasteiger partial charge in [0.15, 0.2) is 16.9 Å². The Balaban J connectivity index is 0.000000139. The van der Waals surface area contributed by atoms with Crippen molar-refractivity contribution in [3.05, 3.63) is 202 Å². The number of halogens is 3. The van der Waals surface area contributed by atoms with Gasteiger partial charge in [-0.3, -0.25) is 49.8 Å². The molecule has 0 unspecified atom stereocenters. The van der Waals surface area contributed by atoms with Crippen LogP contribution in [0.4, 0.5) is 9.59 Å². The molecule has 95 heavy (non-hydrogen) atoms. The normalized spacial score (nSPS) is 17.0. The number of H-pyrrole nitrogens is 2. The molecule has 484 valence electrons. The zero-order valence-corrected chi connectivity index (χ0v) is 57.7. The van der Waals surface area contributed by atoms with E-state index in [0.717, 1.165) is 78.1 Å². The van der Waals surface area contributed by atoms with E-state index in [1.54, 1.807) is 88.1 Å². The summed E-state index contributed by atoms with van der Waals surface area (Å²) in [6.07, 6.45) is 12.8. The van der Waals surface area contributed by atoms with Gasteiger partial charge in [-0.15, -0.1) is 6.42 Å². The number of phenolic OH excluding ortho intramolecular Hbond substituents is 1. The molecule has 8 amide bonds. The molecule has 2 saturated heterocycles. The number of amides is 8. The second-order valence-electron chi connectivity index (χ2n) is 21.5. The average molecular weight is 1620 g/mol. The van der Waals surface area contributed by atoms with E-state index in [-0.39, 0.29) is 36.4 Å². The Hall–Kier alpha value is -10.1. The van der Waals surface area contributed by atoms with Crippen molar-refractivity contribution in [3.8, 4) is 63.6 Å². The molecule has 5 aliphatic heterocycles. The summed E-state index contributed by atoms with van der Waals surface area (Å²) in [6, 6.07) is 37.3. The van der Waals surface area contributed by atoms with Gasteiger partial charge in [0.2, 0.25) is 0 Å². The molecule has 7 N–H and O–H groups in total. The Morgan fingerprint density at radius 3 is 1.67 bits per heavy atom. The third kappa shape index (κ3) is 15.0. The van der Waals surface area contributed by atoms with Crippen LogP contribution in [0, 0.1) is 23.1 Å². The fourth-order valence-electron chi connectivity index (χ4n) is 10.6. The maximum absolute atomic E-state index is 13.2. The number of urea groups is 2. The number of ether oxygens (including phenoxy) is 4. The summed E-state index contributed by atoms with van der Waals surface area (Å²) in [5, 5.41) is 33.2. The minimum absolute atomic E-state index is 0.0792. The highest BCUT2D eigenvalue weighted by atomic mass is 127. The number of methoxy groups -OCH3 is 4. The van der Waals surface area contributed by atoms with Crippen LogP contribution < -0.4 is 40.2 Å². The van der Waals surface area contributed by atoms with Gasteiger partial charge in [0.25, 0.3) is 23.6 Å². The van der Waals surface area contributed by atoms with E-state index in [0.29, 0.717) is 53.6 Å². The van der Waals surface area contributed by atoms with Crippen molar-refractivity contribution in [3.63, 3.8) is 0 Å². The highest BCUT2D eigenvalue weighted by molar-refractivity contribution is 14.1. The molecule has 14 rings (SSSR count). The van der Waals surface area contributed by atoms with Gasteiger partial charge in [0.05, 0.1) is 75.9 Å². The molecule has 2 fully saturated rings. The number of rotatable bonds is 13. The lowest BCUT2D eigenvalue weighted by atomic mass is 9.95. The van der Waals surface area contributed by atoms with Gasteiger partial charge in [-0.1, -0.05) is 24.1 Å². The zero-order chi connectivity index (χ0) is 67.7. The molecule has 0 aliphatic carbocycles. The first-order valence-electron chi connectivity index (χ1n) is 28.8. The van der Waals surface area contributed by atoms with Crippen LogP contribution in [0.25, 0.3) is 33.5 Å². The maximum atomic E-state index is 13.2. The maximum Gasteiger partial charge on any atom is 0.323 e. The fourth-order valence-corrected chi connectivity index (χ4v) is 12.5. The van der Waals surface area contributed by atoms with Crippen LogP contribution in [0.3, 0.4) is 0 Å². The topological polar surface area (TPSA) is 314 Å². The monoisotopic (exact) mass is 1620 g/mol. The largest absolute Gasteiger partial charge is 0.507 e. The number of hydrogen-bond acceptors (Lipinski definition) is 16. The second kappa shape index (κ2) is 29.5. The number of imide groups is 2. The van der Waals surface area contributed by atoms with E-state index in [9.17, 15) is 38.7 Å². The van der Waals surface area contributed by atoms with Crippen molar-refractivity contribution in [2.45, 2.75) is 31.1 Å². The zero-order valence-electron chi connectivity index (χ0n) is 51.3. The van der Waals surface area contributed by atoms with E-state index < -0.39 is 35.0 Å². The third-order valence-corrected chi connectivity index (χ3v) is 18.1. The van der Waals surface area contributed by atoms with Crippen LogP contribution in [0.1, 0.15) is 60.4 Å². The van der Waals surface area contributed by atoms with Gasteiger partial charge < -0.3 is 48.9 Å². The molecular formula is C68H58I3N11O13. The molecular weight excluding hydrogens is 1560 g/mol. The van der Waals surface area contributed by atoms with Crippen LogP contribution in [-0.4, -0.2) is 136 Å². The van der Waals surface area contributed by atoms with Gasteiger partial charge in [0.1, 0.15) is 40.1 Å². The molecule has 3 aromatic heterocycles. The summed E-state index contributed by atoms with van der Waals surface area (Å²) in [5.41, 5.74) is 6.81. The van der Waals surface area contributed by atoms with E-state index in [4.69, 9.17) is 29.8 Å². The SMILES string of the molecule is C#C[C@]1(CN2Cc3ccc(OC)cc3C2=O)NC(=O)NC1=O.COc1ccc(-c2ccn[nH]2)cc1I.COc1ccc(C(C)=O)cc1I.COc1ccc2c(c1)C(=O)N(C[C@@]1(c3cc4cc(C5=NCC=C5)ccc4o3)NC(=O)NC1=O)C2.Oc1ccc(-c2ccn[nH]2)cc1I. The number of aromatic nitrogens is 4. The van der Waals surface area contributed by atoms with Gasteiger partial charge in [-0.25, -0.2) is 9.59 Å². The van der Waals surface area contributed by atoms with Gasteiger partial charge in [-0.05, 0) is 207 Å². The average Bonchev–Trinajstić information content (AvgIpc) is 1.60. The summed E-state index contributed by atoms with van der Waals surface area (Å²) in [5.74, 6) is 4.10. The number of nitrogens with one attached hydrogen (secondary N) is 6. The van der Waals surface area contributed by atoms with Crippen molar-refractivity contribution >= 4 is 126 Å². The molecule has 2 atom stereocenters. The lowest BCUT2D eigenvalue weighted by Crippen LogP contribution is -2.54. The number of hydrogen-bond donors (Lipinski definition) is 7. The molecule has 0 radical (unpaired) electrons. The number of phenols is 1. The Labute approximate surface area is 584 Å². The Bertz CT molecular complexity index is 4590. The second-order valence-corrected chi connectivity index (χ2v) is 25.0. The van der Waals surface area contributed by atoms with Crippen LogP contribution >= 0.6 is 67.8 Å². The van der Waals surface area contributed by atoms with Crippen molar-refractivity contribution < 1.29 is 62.0 Å². The lowest BCUT2D eigenvalue weighted by molar-refractivity contribution is -0.125. The van der Waals surface area contributed by atoms with Gasteiger partial charge in [0, 0.05) is 64.3 Å². The number of aliphatic imine (C=N–C) groups is 1. The van der Waals surface area contributed by atoms with Gasteiger partial charge in [-0.2, -0.15) is 10.2 Å². The highest BCUT2D eigenvalue weighted by Crippen LogP contribution is 2.37. The van der Waals surface area contributed by atoms with Crippen molar-refractivity contribution in [1.82, 2.24) is 51.5 Å². The summed E-state index contributed by atoms with van der Waals surface area (Å²) in [7, 11) is 6.35. The number of aromatic amines is 2. The molecule has 8 heterocycles. The van der Waals surface area contributed by atoms with Crippen LogP contribution in [-0.2, 0) is 28.2 Å². The molecule has 5 aliphatic rings. The van der Waals surface area contributed by atoms with E-state index in [1.165, 1.54) is 24.0 Å².